The first-order valence-corrected chi connectivity index (χ1v) is 8.02. The van der Waals surface area contributed by atoms with Gasteiger partial charge in [0.25, 0.3) is 5.91 Å². The Balaban J connectivity index is 1.96. The maximum Gasteiger partial charge on any atom is 0.254 e. The molecule has 1 aliphatic heterocycles. The molecule has 3 rings (SSSR count). The number of benzene rings is 1. The minimum Gasteiger partial charge on any atom is -0.396 e. The molecule has 1 aliphatic rings. The molecule has 122 valence electrons. The Bertz CT molecular complexity index is 750. The lowest BCUT2D eigenvalue weighted by atomic mass is 9.94. The third kappa shape index (κ3) is 3.17. The number of carbonyl (C=O) groups excluding carboxylic acids is 1. The Hall–Kier alpha value is -1.69. The summed E-state index contributed by atoms with van der Waals surface area (Å²) in [4.78, 5) is 19.0. The minimum absolute atomic E-state index is 0.0594. The van der Waals surface area contributed by atoms with Crippen molar-refractivity contribution in [2.45, 2.75) is 19.4 Å². The van der Waals surface area contributed by atoms with Gasteiger partial charge in [-0.1, -0.05) is 11.6 Å². The average Bonchev–Trinajstić information content (AvgIpc) is 2.53. The van der Waals surface area contributed by atoms with Gasteiger partial charge in [-0.2, -0.15) is 0 Å². The molecule has 0 aliphatic carbocycles. The Kier molecular flexibility index (Phi) is 4.53. The summed E-state index contributed by atoms with van der Waals surface area (Å²) in [5, 5.41) is 20.6. The predicted molar refractivity (Wildman–Crippen MR) is 88.6 cm³/mol. The molecule has 2 atom stereocenters. The van der Waals surface area contributed by atoms with Crippen molar-refractivity contribution in [2.75, 3.05) is 19.7 Å². The third-order valence-electron chi connectivity index (χ3n) is 4.37. The third-order valence-corrected chi connectivity index (χ3v) is 4.61. The van der Waals surface area contributed by atoms with Crippen LogP contribution < -0.4 is 0 Å². The molecule has 2 aromatic rings. The van der Waals surface area contributed by atoms with Crippen LogP contribution in [0.2, 0.25) is 5.02 Å². The number of β-amino-alcohol motifs (C(OH)–C–C–N with tert-alkyl or cyclic N) is 1. The van der Waals surface area contributed by atoms with Gasteiger partial charge in [-0.25, -0.2) is 0 Å². The fourth-order valence-electron chi connectivity index (χ4n) is 3.06. The Morgan fingerprint density at radius 3 is 2.91 bits per heavy atom. The average molecular weight is 335 g/mol. The van der Waals surface area contributed by atoms with Crippen LogP contribution in [0.3, 0.4) is 0 Å². The van der Waals surface area contributed by atoms with Crippen molar-refractivity contribution in [3.05, 3.63) is 40.5 Å². The first kappa shape index (κ1) is 16.2. The zero-order chi connectivity index (χ0) is 16.6. The van der Waals surface area contributed by atoms with Crippen LogP contribution in [0.5, 0.6) is 0 Å². The molecule has 0 radical (unpaired) electrons. The van der Waals surface area contributed by atoms with Crippen molar-refractivity contribution in [2.24, 2.45) is 5.92 Å². The van der Waals surface area contributed by atoms with E-state index in [1.165, 1.54) is 0 Å². The summed E-state index contributed by atoms with van der Waals surface area (Å²) >= 11 is 6.06. The van der Waals surface area contributed by atoms with E-state index >= 15 is 0 Å². The molecule has 1 saturated heterocycles. The molecule has 1 fully saturated rings. The summed E-state index contributed by atoms with van der Waals surface area (Å²) < 4.78 is 0. The van der Waals surface area contributed by atoms with Gasteiger partial charge < -0.3 is 15.1 Å². The van der Waals surface area contributed by atoms with Crippen LogP contribution >= 0.6 is 11.6 Å². The first-order valence-electron chi connectivity index (χ1n) is 7.64. The van der Waals surface area contributed by atoms with Crippen molar-refractivity contribution < 1.29 is 15.0 Å². The largest absolute Gasteiger partial charge is 0.396 e. The summed E-state index contributed by atoms with van der Waals surface area (Å²) in [6, 6.07) is 7.05. The molecule has 1 aromatic carbocycles. The summed E-state index contributed by atoms with van der Waals surface area (Å²) in [6.45, 7) is 2.53. The van der Waals surface area contributed by atoms with Gasteiger partial charge in [0.1, 0.15) is 0 Å². The summed E-state index contributed by atoms with van der Waals surface area (Å²) in [6.07, 6.45) is -0.109. The van der Waals surface area contributed by atoms with Crippen LogP contribution in [0.1, 0.15) is 22.5 Å². The van der Waals surface area contributed by atoms with Gasteiger partial charge in [-0.3, -0.25) is 9.78 Å². The lowest BCUT2D eigenvalue weighted by Crippen LogP contribution is -2.47. The number of piperidine rings is 1. The number of fused-ring (bicyclic) bond motifs is 1. The second kappa shape index (κ2) is 6.43. The van der Waals surface area contributed by atoms with Gasteiger partial charge >= 0.3 is 0 Å². The van der Waals surface area contributed by atoms with E-state index in [2.05, 4.69) is 4.98 Å². The number of aromatic nitrogens is 1. The SMILES string of the molecule is Cc1cc(C(=O)N2CC[C@H](CO)[C@H](O)C2)c2cc(Cl)ccc2n1. The van der Waals surface area contributed by atoms with Gasteiger partial charge in [-0.15, -0.1) is 0 Å². The number of aliphatic hydroxyl groups excluding tert-OH is 2. The number of aryl methyl sites for hydroxylation is 1. The summed E-state index contributed by atoms with van der Waals surface area (Å²) in [7, 11) is 0. The number of nitrogens with zero attached hydrogens (tertiary/aromatic N) is 2. The lowest BCUT2D eigenvalue weighted by molar-refractivity contribution is 0.000947. The van der Waals surface area contributed by atoms with E-state index in [1.807, 2.05) is 6.92 Å². The molecule has 2 N–H and O–H groups in total. The molecule has 0 saturated carbocycles. The zero-order valence-electron chi connectivity index (χ0n) is 12.9. The smallest absolute Gasteiger partial charge is 0.254 e. The molecule has 6 heteroatoms. The highest BCUT2D eigenvalue weighted by molar-refractivity contribution is 6.31. The van der Waals surface area contributed by atoms with Crippen molar-refractivity contribution >= 4 is 28.4 Å². The van der Waals surface area contributed by atoms with Crippen LogP contribution in [0.4, 0.5) is 0 Å². The van der Waals surface area contributed by atoms with Crippen LogP contribution in [0.15, 0.2) is 24.3 Å². The second-order valence-corrected chi connectivity index (χ2v) is 6.46. The van der Waals surface area contributed by atoms with E-state index in [1.54, 1.807) is 29.2 Å². The zero-order valence-corrected chi connectivity index (χ0v) is 13.6. The highest BCUT2D eigenvalue weighted by Gasteiger charge is 2.30. The number of halogens is 1. The topological polar surface area (TPSA) is 73.7 Å². The van der Waals surface area contributed by atoms with E-state index in [9.17, 15) is 15.0 Å². The van der Waals surface area contributed by atoms with Crippen LogP contribution in [-0.4, -0.2) is 51.8 Å². The number of aliphatic hydroxyl groups is 2. The molecular formula is C17H19ClN2O3. The van der Waals surface area contributed by atoms with Crippen molar-refractivity contribution in [1.82, 2.24) is 9.88 Å². The summed E-state index contributed by atoms with van der Waals surface area (Å²) in [5.41, 5.74) is 2.03. The molecule has 2 heterocycles. The highest BCUT2D eigenvalue weighted by Crippen LogP contribution is 2.25. The first-order chi connectivity index (χ1) is 11.0. The van der Waals surface area contributed by atoms with E-state index < -0.39 is 6.10 Å². The number of hydrogen-bond acceptors (Lipinski definition) is 4. The Morgan fingerprint density at radius 1 is 1.43 bits per heavy atom. The second-order valence-electron chi connectivity index (χ2n) is 6.02. The fraction of sp³-hybridized carbons (Fsp3) is 0.412. The normalized spacial score (nSPS) is 21.7. The predicted octanol–water partition coefficient (Wildman–Crippen LogP) is 2.01. The standard InChI is InChI=1S/C17H19ClN2O3/c1-10-6-14(13-7-12(18)2-3-15(13)19-10)17(23)20-5-4-11(9-21)16(22)8-20/h2-3,6-7,11,16,21-22H,4-5,8-9H2,1H3/t11-,16-/m1/s1. The maximum absolute atomic E-state index is 12.9. The van der Waals surface area contributed by atoms with Gasteiger partial charge in [0, 0.05) is 41.7 Å². The molecule has 1 aromatic heterocycles. The Morgan fingerprint density at radius 2 is 2.22 bits per heavy atom. The van der Waals surface area contributed by atoms with E-state index in [-0.39, 0.29) is 25.0 Å². The minimum atomic E-state index is -0.699. The molecule has 5 nitrogen and oxygen atoms in total. The number of pyridine rings is 1. The number of carbonyl (C=O) groups is 1. The lowest BCUT2D eigenvalue weighted by Gasteiger charge is -2.35. The monoisotopic (exact) mass is 334 g/mol. The number of hydrogen-bond donors (Lipinski definition) is 2. The molecule has 1 amide bonds. The van der Waals surface area contributed by atoms with Gasteiger partial charge in [0.05, 0.1) is 17.2 Å². The maximum atomic E-state index is 12.9. The molecule has 0 bridgehead atoms. The van der Waals surface area contributed by atoms with E-state index in [0.29, 0.717) is 28.9 Å². The molecular weight excluding hydrogens is 316 g/mol. The van der Waals surface area contributed by atoms with Crippen molar-refractivity contribution in [1.29, 1.82) is 0 Å². The van der Waals surface area contributed by atoms with E-state index in [0.717, 1.165) is 11.2 Å². The van der Waals surface area contributed by atoms with Gasteiger partial charge in [0.15, 0.2) is 0 Å². The highest BCUT2D eigenvalue weighted by atomic mass is 35.5. The molecule has 0 spiro atoms. The Labute approximate surface area is 139 Å². The van der Waals surface area contributed by atoms with Crippen molar-refractivity contribution in [3.63, 3.8) is 0 Å². The number of amides is 1. The van der Waals surface area contributed by atoms with Crippen LogP contribution in [-0.2, 0) is 0 Å². The van der Waals surface area contributed by atoms with Crippen molar-refractivity contribution in [3.8, 4) is 0 Å². The van der Waals surface area contributed by atoms with Gasteiger partial charge in [-0.05, 0) is 37.6 Å². The van der Waals surface area contributed by atoms with Crippen LogP contribution in [0.25, 0.3) is 10.9 Å². The van der Waals surface area contributed by atoms with E-state index in [4.69, 9.17) is 11.6 Å². The number of rotatable bonds is 2. The fourth-order valence-corrected chi connectivity index (χ4v) is 3.23. The molecule has 0 unspecified atom stereocenters. The molecule has 23 heavy (non-hydrogen) atoms. The summed E-state index contributed by atoms with van der Waals surface area (Å²) in [5.74, 6) is -0.303. The van der Waals surface area contributed by atoms with Crippen LogP contribution in [0, 0.1) is 12.8 Å². The quantitative estimate of drug-likeness (QED) is 0.881. The van der Waals surface area contributed by atoms with Gasteiger partial charge in [0.2, 0.25) is 0 Å². The number of likely N-dealkylation sites (tertiary alicyclic amines) is 1.